The lowest BCUT2D eigenvalue weighted by Gasteiger charge is -2.27. The summed E-state index contributed by atoms with van der Waals surface area (Å²) in [6, 6.07) is 42.1. The van der Waals surface area contributed by atoms with Crippen molar-refractivity contribution in [1.29, 1.82) is 0 Å². The molecule has 0 fully saturated rings. The van der Waals surface area contributed by atoms with Crippen LogP contribution >= 0.6 is 7.26 Å². The molecule has 0 saturated carbocycles. The molecule has 0 atom stereocenters. The summed E-state index contributed by atoms with van der Waals surface area (Å²) >= 11 is 0. The van der Waals surface area contributed by atoms with Crippen LogP contribution in [0.1, 0.15) is 19.3 Å². The molecule has 0 unspecified atom stereocenters. The van der Waals surface area contributed by atoms with E-state index in [-0.39, 0.29) is 12.4 Å². The predicted octanol–water partition coefficient (Wildman–Crippen LogP) is 3.82. The zero-order valence-electron chi connectivity index (χ0n) is 20.8. The number of hydrogen-bond acceptors (Lipinski definition) is 1. The van der Waals surface area contributed by atoms with Crippen molar-refractivity contribution < 1.29 is 17.1 Å². The van der Waals surface area contributed by atoms with Crippen LogP contribution in [0.5, 0.6) is 5.75 Å². The van der Waals surface area contributed by atoms with Crippen LogP contribution in [0.2, 0.25) is 0 Å². The fourth-order valence-corrected chi connectivity index (χ4v) is 9.68. The van der Waals surface area contributed by atoms with E-state index >= 15 is 0 Å². The molecule has 0 saturated heterocycles. The Morgan fingerprint density at radius 2 is 1.17 bits per heavy atom. The minimum Gasteiger partial charge on any atom is -1.00 e. The Bertz CT molecular complexity index is 1260. The van der Waals surface area contributed by atoms with Gasteiger partial charge in [-0.05, 0) is 67.8 Å². The van der Waals surface area contributed by atoms with Crippen LogP contribution in [0.3, 0.4) is 0 Å². The zero-order chi connectivity index (χ0) is 23.9. The highest BCUT2D eigenvalue weighted by atomic mass is 35.5. The minimum atomic E-state index is -1.73. The van der Waals surface area contributed by atoms with Gasteiger partial charge >= 0.3 is 0 Å². The second-order valence-corrected chi connectivity index (χ2v) is 12.6. The number of methoxy groups -OCH3 is 1. The van der Waals surface area contributed by atoms with E-state index in [1.54, 1.807) is 7.11 Å². The molecule has 2 nitrogen and oxygen atoms in total. The van der Waals surface area contributed by atoms with Gasteiger partial charge in [0, 0.05) is 18.1 Å². The summed E-state index contributed by atoms with van der Waals surface area (Å²) in [6.45, 7) is 1.01. The van der Waals surface area contributed by atoms with Crippen molar-refractivity contribution in [2.45, 2.75) is 25.8 Å². The number of para-hydroxylation sites is 1. The SMILES string of the molecule is COc1cccc2ccn(CCCCC[P+](c3ccccc3)(c3ccccc3)c3ccccc3)c12.[Cl-]. The number of aryl methyl sites for hydroxylation is 1. The molecule has 4 aromatic carbocycles. The summed E-state index contributed by atoms with van der Waals surface area (Å²) in [7, 11) is 0.0240. The number of unbranched alkanes of at least 4 members (excludes halogenated alkanes) is 2. The van der Waals surface area contributed by atoms with E-state index in [2.05, 4.69) is 126 Å². The molecule has 5 aromatic rings. The molecule has 1 aromatic heterocycles. The van der Waals surface area contributed by atoms with Crippen LogP contribution in [-0.4, -0.2) is 17.8 Å². The Kier molecular flexibility index (Phi) is 8.86. The van der Waals surface area contributed by atoms with E-state index in [0.29, 0.717) is 0 Å². The monoisotopic (exact) mass is 513 g/mol. The summed E-state index contributed by atoms with van der Waals surface area (Å²) in [6.07, 6.45) is 6.93. The van der Waals surface area contributed by atoms with E-state index in [0.717, 1.165) is 18.7 Å². The third-order valence-corrected chi connectivity index (χ3v) is 11.5. The first-order chi connectivity index (χ1) is 17.3. The van der Waals surface area contributed by atoms with E-state index in [9.17, 15) is 0 Å². The third kappa shape index (κ3) is 5.21. The van der Waals surface area contributed by atoms with Crippen LogP contribution in [0.15, 0.2) is 121 Å². The predicted molar refractivity (Wildman–Crippen MR) is 152 cm³/mol. The number of fused-ring (bicyclic) bond motifs is 1. The van der Waals surface area contributed by atoms with Crippen LogP contribution in [0.25, 0.3) is 10.9 Å². The highest BCUT2D eigenvalue weighted by Crippen LogP contribution is 2.56. The van der Waals surface area contributed by atoms with Gasteiger partial charge < -0.3 is 21.7 Å². The summed E-state index contributed by atoms with van der Waals surface area (Å²) in [5.74, 6) is 0.953. The lowest BCUT2D eigenvalue weighted by atomic mass is 10.2. The number of benzene rings is 4. The fourth-order valence-electron chi connectivity index (χ4n) is 5.27. The van der Waals surface area contributed by atoms with Crippen molar-refractivity contribution in [3.8, 4) is 5.75 Å². The van der Waals surface area contributed by atoms with Crippen molar-refractivity contribution >= 4 is 34.1 Å². The highest BCUT2D eigenvalue weighted by Gasteiger charge is 2.44. The largest absolute Gasteiger partial charge is 1.00 e. The maximum absolute atomic E-state index is 5.63. The van der Waals surface area contributed by atoms with Crippen molar-refractivity contribution in [2.75, 3.05) is 13.3 Å². The number of hydrogen-bond donors (Lipinski definition) is 0. The molecule has 5 rings (SSSR count). The van der Waals surface area contributed by atoms with Crippen LogP contribution in [0, 0.1) is 0 Å². The molecule has 0 amide bonds. The topological polar surface area (TPSA) is 14.2 Å². The molecular weight excluding hydrogens is 481 g/mol. The molecule has 1 heterocycles. The number of halogens is 1. The quantitative estimate of drug-likeness (QED) is 0.205. The van der Waals surface area contributed by atoms with Crippen molar-refractivity contribution in [1.82, 2.24) is 4.57 Å². The van der Waals surface area contributed by atoms with Crippen LogP contribution < -0.4 is 33.1 Å². The summed E-state index contributed by atoms with van der Waals surface area (Å²) in [5, 5.41) is 5.65. The maximum atomic E-state index is 5.63. The van der Waals surface area contributed by atoms with Gasteiger partial charge in [-0.3, -0.25) is 0 Å². The number of rotatable bonds is 10. The van der Waals surface area contributed by atoms with E-state index in [4.69, 9.17) is 4.74 Å². The third-order valence-electron chi connectivity index (χ3n) is 6.95. The fraction of sp³-hybridized carbons (Fsp3) is 0.188. The first-order valence-corrected chi connectivity index (χ1v) is 14.5. The van der Waals surface area contributed by atoms with Crippen molar-refractivity contribution in [3.63, 3.8) is 0 Å². The normalized spacial score (nSPS) is 11.2. The summed E-state index contributed by atoms with van der Waals surface area (Å²) < 4.78 is 7.98. The Morgan fingerprint density at radius 3 is 1.69 bits per heavy atom. The van der Waals surface area contributed by atoms with Gasteiger partial charge in [0.05, 0.1) is 18.8 Å². The molecule has 0 aliphatic rings. The van der Waals surface area contributed by atoms with Gasteiger partial charge in [-0.15, -0.1) is 0 Å². The van der Waals surface area contributed by atoms with Crippen LogP contribution in [-0.2, 0) is 6.54 Å². The van der Waals surface area contributed by atoms with Gasteiger partial charge in [0.1, 0.15) is 28.9 Å². The van der Waals surface area contributed by atoms with Crippen molar-refractivity contribution in [2.24, 2.45) is 0 Å². The number of ether oxygens (including phenoxy) is 1. The number of aromatic nitrogens is 1. The molecule has 0 bridgehead atoms. The average molecular weight is 514 g/mol. The second-order valence-electron chi connectivity index (χ2n) is 9.01. The first-order valence-electron chi connectivity index (χ1n) is 12.5. The van der Waals surface area contributed by atoms with Gasteiger partial charge in [-0.25, -0.2) is 0 Å². The van der Waals surface area contributed by atoms with Gasteiger partial charge in [0.25, 0.3) is 0 Å². The summed E-state index contributed by atoms with van der Waals surface area (Å²) in [4.78, 5) is 0. The van der Waals surface area contributed by atoms with E-state index < -0.39 is 7.26 Å². The van der Waals surface area contributed by atoms with E-state index in [1.807, 2.05) is 0 Å². The summed E-state index contributed by atoms with van der Waals surface area (Å²) in [5.41, 5.74) is 1.20. The molecule has 0 N–H and O–H groups in total. The molecule has 0 spiro atoms. The maximum Gasteiger partial charge on any atom is 0.143 e. The second kappa shape index (κ2) is 12.3. The minimum absolute atomic E-state index is 0. The lowest BCUT2D eigenvalue weighted by Crippen LogP contribution is -3.00. The van der Waals surface area contributed by atoms with Gasteiger partial charge in [-0.2, -0.15) is 0 Å². The van der Waals surface area contributed by atoms with Gasteiger partial charge in [-0.1, -0.05) is 66.7 Å². The lowest BCUT2D eigenvalue weighted by molar-refractivity contribution is -0.00000711. The Balaban J connectivity index is 0.00000304. The van der Waals surface area contributed by atoms with Gasteiger partial charge in [0.2, 0.25) is 0 Å². The molecule has 4 heteroatoms. The molecular formula is C32H33ClNOP. The number of nitrogens with zero attached hydrogens (tertiary/aromatic N) is 1. The molecule has 0 aliphatic carbocycles. The van der Waals surface area contributed by atoms with Crippen LogP contribution in [0.4, 0.5) is 0 Å². The highest BCUT2D eigenvalue weighted by molar-refractivity contribution is 7.95. The molecule has 0 radical (unpaired) electrons. The molecule has 184 valence electrons. The molecule has 36 heavy (non-hydrogen) atoms. The standard InChI is InChI=1S/C32H33NOP.ClH/c1-34-31-22-14-15-27-23-25-33(32(27)31)24-12-5-13-26-35(28-16-6-2-7-17-28,29-18-8-3-9-19-29)30-20-10-4-11-21-30;/h2-4,6-11,14-23,25H,5,12-13,24,26H2,1H3;1H/q+1;/p-1. The zero-order valence-corrected chi connectivity index (χ0v) is 22.4. The molecule has 0 aliphatic heterocycles. The van der Waals surface area contributed by atoms with Crippen molar-refractivity contribution in [3.05, 3.63) is 121 Å². The first kappa shape index (κ1) is 26.0. The average Bonchev–Trinajstić information content (AvgIpc) is 3.35. The Labute approximate surface area is 221 Å². The Hall–Kier alpha value is -3.06. The van der Waals surface area contributed by atoms with E-state index in [1.165, 1.54) is 45.8 Å². The Morgan fingerprint density at radius 1 is 0.611 bits per heavy atom. The van der Waals surface area contributed by atoms with Gasteiger partial charge in [0.15, 0.2) is 0 Å². The smallest absolute Gasteiger partial charge is 0.143 e.